The number of nitrogens with one attached hydrogen (secondary N) is 1. The van der Waals surface area contributed by atoms with Crippen LogP contribution in [0.4, 0.5) is 8.78 Å². The lowest BCUT2D eigenvalue weighted by Crippen LogP contribution is -2.05. The fourth-order valence-electron chi connectivity index (χ4n) is 1.80. The largest absolute Gasteiger partial charge is 0.454 e. The average Bonchev–Trinajstić information content (AvgIpc) is 2.33. The lowest BCUT2D eigenvalue weighted by molar-refractivity contribution is 0.437. The van der Waals surface area contributed by atoms with Gasteiger partial charge in [-0.1, -0.05) is 6.07 Å². The Bertz CT molecular complexity index is 584. The van der Waals surface area contributed by atoms with Crippen LogP contribution in [0.15, 0.2) is 36.4 Å². The van der Waals surface area contributed by atoms with E-state index in [9.17, 15) is 8.78 Å². The summed E-state index contributed by atoms with van der Waals surface area (Å²) in [6.07, 6.45) is 0. The van der Waals surface area contributed by atoms with Gasteiger partial charge in [-0.25, -0.2) is 8.78 Å². The van der Waals surface area contributed by atoms with Crippen LogP contribution in [0.2, 0.25) is 0 Å². The first-order valence-electron chi connectivity index (χ1n) is 5.96. The summed E-state index contributed by atoms with van der Waals surface area (Å²) in [7, 11) is 1.77. The first kappa shape index (κ1) is 13.5. The van der Waals surface area contributed by atoms with E-state index < -0.39 is 11.6 Å². The maximum Gasteiger partial charge on any atom is 0.165 e. The highest BCUT2D eigenvalue weighted by Crippen LogP contribution is 2.26. The van der Waals surface area contributed by atoms with E-state index in [4.69, 9.17) is 4.74 Å². The van der Waals surface area contributed by atoms with Gasteiger partial charge in [0.05, 0.1) is 0 Å². The molecule has 0 unspecified atom stereocenters. The van der Waals surface area contributed by atoms with Crippen molar-refractivity contribution in [3.05, 3.63) is 59.2 Å². The second-order valence-electron chi connectivity index (χ2n) is 4.36. The van der Waals surface area contributed by atoms with Gasteiger partial charge in [0.25, 0.3) is 0 Å². The molecule has 100 valence electrons. The van der Waals surface area contributed by atoms with Crippen LogP contribution in [0.5, 0.6) is 11.5 Å². The van der Waals surface area contributed by atoms with Crippen LogP contribution < -0.4 is 10.1 Å². The third-order valence-electron chi connectivity index (χ3n) is 2.63. The highest BCUT2D eigenvalue weighted by atomic mass is 19.1. The van der Waals surface area contributed by atoms with E-state index in [1.807, 2.05) is 6.92 Å². The van der Waals surface area contributed by atoms with Crippen molar-refractivity contribution in [1.82, 2.24) is 5.32 Å². The molecule has 0 saturated carbocycles. The Balaban J connectivity index is 2.29. The molecule has 0 atom stereocenters. The zero-order valence-corrected chi connectivity index (χ0v) is 10.8. The predicted octanol–water partition coefficient (Wildman–Crippen LogP) is 3.78. The highest BCUT2D eigenvalue weighted by molar-refractivity contribution is 5.37. The summed E-state index contributed by atoms with van der Waals surface area (Å²) in [5.74, 6) is -0.489. The van der Waals surface area contributed by atoms with Gasteiger partial charge in [-0.3, -0.25) is 0 Å². The molecule has 0 aliphatic rings. The number of benzene rings is 2. The molecule has 0 bridgehead atoms. The van der Waals surface area contributed by atoms with E-state index in [-0.39, 0.29) is 11.5 Å². The lowest BCUT2D eigenvalue weighted by atomic mass is 10.2. The smallest absolute Gasteiger partial charge is 0.165 e. The van der Waals surface area contributed by atoms with Crippen molar-refractivity contribution in [1.29, 1.82) is 0 Å². The summed E-state index contributed by atoms with van der Waals surface area (Å²) in [6, 6.07) is 8.90. The first-order chi connectivity index (χ1) is 9.08. The minimum atomic E-state index is -0.468. The SMILES string of the molecule is CNCc1cc(F)cc(Oc2cc(C)ccc2F)c1. The second-order valence-corrected chi connectivity index (χ2v) is 4.36. The summed E-state index contributed by atoms with van der Waals surface area (Å²) in [6.45, 7) is 2.36. The summed E-state index contributed by atoms with van der Waals surface area (Å²) in [4.78, 5) is 0. The molecule has 0 aliphatic carbocycles. The number of rotatable bonds is 4. The molecule has 4 heteroatoms. The van der Waals surface area contributed by atoms with Crippen LogP contribution in [-0.2, 0) is 6.54 Å². The van der Waals surface area contributed by atoms with Crippen molar-refractivity contribution in [2.24, 2.45) is 0 Å². The molecule has 2 aromatic rings. The van der Waals surface area contributed by atoms with Crippen molar-refractivity contribution >= 4 is 0 Å². The fraction of sp³-hybridized carbons (Fsp3) is 0.200. The minimum absolute atomic E-state index is 0.0982. The average molecular weight is 263 g/mol. The van der Waals surface area contributed by atoms with E-state index in [0.717, 1.165) is 11.1 Å². The van der Waals surface area contributed by atoms with Crippen LogP contribution >= 0.6 is 0 Å². The van der Waals surface area contributed by atoms with Gasteiger partial charge in [0.1, 0.15) is 11.6 Å². The first-order valence-corrected chi connectivity index (χ1v) is 5.96. The molecule has 2 nitrogen and oxygen atoms in total. The normalized spacial score (nSPS) is 10.5. The van der Waals surface area contributed by atoms with Crippen LogP contribution in [0.1, 0.15) is 11.1 Å². The molecule has 0 saturated heterocycles. The number of ether oxygens (including phenoxy) is 1. The molecular weight excluding hydrogens is 248 g/mol. The number of aryl methyl sites for hydroxylation is 1. The van der Waals surface area contributed by atoms with Gasteiger partial charge >= 0.3 is 0 Å². The van der Waals surface area contributed by atoms with Crippen LogP contribution in [0, 0.1) is 18.6 Å². The van der Waals surface area contributed by atoms with Gasteiger partial charge in [0.15, 0.2) is 11.6 Å². The molecule has 0 heterocycles. The van der Waals surface area contributed by atoms with E-state index in [1.165, 1.54) is 18.2 Å². The predicted molar refractivity (Wildman–Crippen MR) is 70.4 cm³/mol. The molecule has 0 fully saturated rings. The molecular formula is C15H15F2NO. The summed E-state index contributed by atoms with van der Waals surface area (Å²) >= 11 is 0. The van der Waals surface area contributed by atoms with Gasteiger partial charge in [0.2, 0.25) is 0 Å². The third-order valence-corrected chi connectivity index (χ3v) is 2.63. The number of hydrogen-bond acceptors (Lipinski definition) is 2. The van der Waals surface area contributed by atoms with Crippen molar-refractivity contribution in [2.75, 3.05) is 7.05 Å². The Morgan fingerprint density at radius 1 is 1.11 bits per heavy atom. The molecule has 1 N–H and O–H groups in total. The van der Waals surface area contributed by atoms with Crippen molar-refractivity contribution in [2.45, 2.75) is 13.5 Å². The topological polar surface area (TPSA) is 21.3 Å². The highest BCUT2D eigenvalue weighted by Gasteiger charge is 2.07. The maximum absolute atomic E-state index is 13.6. The monoisotopic (exact) mass is 263 g/mol. The van der Waals surface area contributed by atoms with Crippen molar-refractivity contribution < 1.29 is 13.5 Å². The standard InChI is InChI=1S/C15H15F2NO/c1-10-3-4-14(17)15(5-10)19-13-7-11(9-18-2)6-12(16)8-13/h3-8,18H,9H2,1-2H3. The van der Waals surface area contributed by atoms with Crippen LogP contribution in [-0.4, -0.2) is 7.05 Å². The number of halogens is 2. The molecule has 2 aromatic carbocycles. The summed E-state index contributed by atoms with van der Waals surface area (Å²) in [5, 5.41) is 2.93. The lowest BCUT2D eigenvalue weighted by Gasteiger charge is -2.09. The van der Waals surface area contributed by atoms with Crippen molar-refractivity contribution in [3.63, 3.8) is 0 Å². The van der Waals surface area contributed by atoms with Crippen LogP contribution in [0.3, 0.4) is 0 Å². The molecule has 0 aromatic heterocycles. The van der Waals surface area contributed by atoms with E-state index >= 15 is 0 Å². The summed E-state index contributed by atoms with van der Waals surface area (Å²) in [5.41, 5.74) is 1.62. The quantitative estimate of drug-likeness (QED) is 0.906. The molecule has 0 radical (unpaired) electrons. The molecule has 0 amide bonds. The second kappa shape index (κ2) is 5.80. The minimum Gasteiger partial charge on any atom is -0.454 e. The summed E-state index contributed by atoms with van der Waals surface area (Å²) < 4.78 is 32.4. The van der Waals surface area contributed by atoms with E-state index in [2.05, 4.69) is 5.32 Å². The van der Waals surface area contributed by atoms with Gasteiger partial charge in [-0.05, 0) is 49.4 Å². The molecule has 0 aliphatic heterocycles. The molecule has 19 heavy (non-hydrogen) atoms. The molecule has 2 rings (SSSR count). The Hall–Kier alpha value is -1.94. The zero-order chi connectivity index (χ0) is 13.8. The third kappa shape index (κ3) is 3.51. The van der Waals surface area contributed by atoms with E-state index in [1.54, 1.807) is 25.2 Å². The number of hydrogen-bond donors (Lipinski definition) is 1. The maximum atomic E-state index is 13.6. The molecule has 0 spiro atoms. The van der Waals surface area contributed by atoms with Crippen molar-refractivity contribution in [3.8, 4) is 11.5 Å². The van der Waals surface area contributed by atoms with Gasteiger partial charge in [0, 0.05) is 12.6 Å². The Morgan fingerprint density at radius 3 is 2.63 bits per heavy atom. The fourth-order valence-corrected chi connectivity index (χ4v) is 1.80. The van der Waals surface area contributed by atoms with Gasteiger partial charge in [-0.2, -0.15) is 0 Å². The Morgan fingerprint density at radius 2 is 1.89 bits per heavy atom. The zero-order valence-electron chi connectivity index (χ0n) is 10.8. The van der Waals surface area contributed by atoms with Gasteiger partial charge in [-0.15, -0.1) is 0 Å². The van der Waals surface area contributed by atoms with Crippen LogP contribution in [0.25, 0.3) is 0 Å². The van der Waals surface area contributed by atoms with Gasteiger partial charge < -0.3 is 10.1 Å². The Labute approximate surface area is 111 Å². The Kier molecular flexibility index (Phi) is 4.12. The van der Waals surface area contributed by atoms with E-state index in [0.29, 0.717) is 6.54 Å².